The molecule has 2 N–H and O–H groups in total. The summed E-state index contributed by atoms with van der Waals surface area (Å²) in [4.78, 5) is 34.1. The van der Waals surface area contributed by atoms with E-state index in [1.54, 1.807) is 24.3 Å². The normalized spacial score (nSPS) is 10.9. The largest absolute Gasteiger partial charge is 0.354 e. The molecule has 0 aliphatic rings. The highest BCUT2D eigenvalue weighted by molar-refractivity contribution is 6.73. The lowest BCUT2D eigenvalue weighted by molar-refractivity contribution is -0.121. The number of allylic oxidation sites excluding steroid dienone is 4. The van der Waals surface area contributed by atoms with Gasteiger partial charge in [0.25, 0.3) is 5.91 Å². The van der Waals surface area contributed by atoms with Crippen molar-refractivity contribution in [2.45, 2.75) is 19.7 Å². The van der Waals surface area contributed by atoms with Gasteiger partial charge in [-0.1, -0.05) is 43.8 Å². The second-order valence-corrected chi connectivity index (χ2v) is 4.61. The molecule has 0 fully saturated rings. The Balaban J connectivity index is 4.00. The van der Waals surface area contributed by atoms with Crippen LogP contribution in [0.15, 0.2) is 49.1 Å². The molecule has 0 rings (SSSR count). The number of nitrogens with one attached hydrogen (secondary N) is 2. The molecule has 0 bridgehead atoms. The van der Waals surface area contributed by atoms with Crippen LogP contribution in [-0.2, 0) is 14.4 Å². The molecule has 0 saturated carbocycles. The van der Waals surface area contributed by atoms with E-state index in [4.69, 9.17) is 0 Å². The SMILES string of the molecule is C=C/C=C\C(=C/C=C)C(=O)NCCNC(=O)CCBC(C)=O. The Kier molecular flexibility index (Phi) is 11.1. The van der Waals surface area contributed by atoms with Gasteiger partial charge in [0, 0.05) is 25.1 Å². The van der Waals surface area contributed by atoms with Gasteiger partial charge in [-0.05, 0) is 13.0 Å². The number of hydrogen-bond acceptors (Lipinski definition) is 3. The van der Waals surface area contributed by atoms with Gasteiger partial charge in [0.1, 0.15) is 0 Å². The molecule has 0 aromatic heterocycles. The summed E-state index contributed by atoms with van der Waals surface area (Å²) in [6, 6.07) is 0. The Bertz CT molecular complexity index is 482. The number of amides is 2. The maximum atomic E-state index is 11.9. The quantitative estimate of drug-likeness (QED) is 0.257. The van der Waals surface area contributed by atoms with Crippen molar-refractivity contribution in [1.82, 2.24) is 10.6 Å². The smallest absolute Gasteiger partial charge is 0.251 e. The highest BCUT2D eigenvalue weighted by atomic mass is 16.2. The van der Waals surface area contributed by atoms with Crippen molar-refractivity contribution in [3.63, 3.8) is 0 Å². The number of hydrogen-bond donors (Lipinski definition) is 2. The van der Waals surface area contributed by atoms with E-state index in [-0.39, 0.29) is 17.5 Å². The zero-order valence-electron chi connectivity index (χ0n) is 13.1. The van der Waals surface area contributed by atoms with Gasteiger partial charge >= 0.3 is 0 Å². The summed E-state index contributed by atoms with van der Waals surface area (Å²) in [6.07, 6.45) is 8.85. The van der Waals surface area contributed by atoms with Crippen molar-refractivity contribution in [2.75, 3.05) is 13.1 Å². The van der Waals surface area contributed by atoms with Gasteiger partial charge in [0.05, 0.1) is 5.68 Å². The molecule has 0 aromatic rings. The number of carbonyl (C=O) groups excluding carboxylic acids is 3. The minimum absolute atomic E-state index is 0.0779. The lowest BCUT2D eigenvalue weighted by atomic mass is 9.69. The predicted molar refractivity (Wildman–Crippen MR) is 90.9 cm³/mol. The lowest BCUT2D eigenvalue weighted by Crippen LogP contribution is -2.35. The van der Waals surface area contributed by atoms with Crippen molar-refractivity contribution in [1.29, 1.82) is 0 Å². The highest BCUT2D eigenvalue weighted by Crippen LogP contribution is 1.98. The first-order valence-corrected chi connectivity index (χ1v) is 7.17. The molecule has 0 radical (unpaired) electrons. The number of carbonyl (C=O) groups is 3. The summed E-state index contributed by atoms with van der Waals surface area (Å²) in [5, 5.41) is 5.38. The minimum atomic E-state index is -0.246. The van der Waals surface area contributed by atoms with Crippen molar-refractivity contribution < 1.29 is 14.4 Å². The monoisotopic (exact) mass is 302 g/mol. The van der Waals surface area contributed by atoms with Crippen LogP contribution in [0.4, 0.5) is 0 Å². The topological polar surface area (TPSA) is 75.3 Å². The molecule has 22 heavy (non-hydrogen) atoms. The molecule has 0 atom stereocenters. The molecular formula is C16H23BN2O3. The van der Waals surface area contributed by atoms with Crippen LogP contribution in [0, 0.1) is 0 Å². The molecule has 0 aliphatic carbocycles. The summed E-state index contributed by atoms with van der Waals surface area (Å²) in [6.45, 7) is 9.27. The fraction of sp³-hybridized carbons (Fsp3) is 0.312. The molecule has 0 heterocycles. The standard InChI is InChI=1S/C16H23BN2O3/c1-4-6-8-14(7-5-2)16(22)19-12-11-18-15(21)9-10-17-13(3)20/h4-8,17H,1-2,9-12H2,3H3,(H,18,21)(H,19,22)/b8-6-,14-7+. The van der Waals surface area contributed by atoms with Crippen LogP contribution in [0.1, 0.15) is 13.3 Å². The Hall–Kier alpha value is -2.37. The van der Waals surface area contributed by atoms with Crippen LogP contribution in [0.5, 0.6) is 0 Å². The Morgan fingerprint density at radius 1 is 1.09 bits per heavy atom. The summed E-state index contributed by atoms with van der Waals surface area (Å²) >= 11 is 0. The van der Waals surface area contributed by atoms with Gasteiger partial charge in [-0.15, -0.1) is 0 Å². The van der Waals surface area contributed by atoms with Crippen LogP contribution in [0.2, 0.25) is 6.32 Å². The van der Waals surface area contributed by atoms with Crippen LogP contribution in [0.3, 0.4) is 0 Å². The van der Waals surface area contributed by atoms with Gasteiger partial charge in [-0.2, -0.15) is 0 Å². The zero-order valence-corrected chi connectivity index (χ0v) is 13.1. The first-order valence-electron chi connectivity index (χ1n) is 7.17. The lowest BCUT2D eigenvalue weighted by Gasteiger charge is -2.07. The average molecular weight is 302 g/mol. The summed E-state index contributed by atoms with van der Waals surface area (Å²) in [5.41, 5.74) is 0.539. The maximum absolute atomic E-state index is 11.9. The second-order valence-electron chi connectivity index (χ2n) is 4.61. The fourth-order valence-electron chi connectivity index (χ4n) is 1.57. The third-order valence-electron chi connectivity index (χ3n) is 2.64. The molecule has 0 aromatic carbocycles. The molecule has 5 nitrogen and oxygen atoms in total. The van der Waals surface area contributed by atoms with Crippen molar-refractivity contribution in [3.8, 4) is 0 Å². The van der Waals surface area contributed by atoms with Gasteiger partial charge < -0.3 is 15.4 Å². The molecule has 0 unspecified atom stereocenters. The van der Waals surface area contributed by atoms with Gasteiger partial charge in [-0.25, -0.2) is 0 Å². The molecule has 0 aliphatic heterocycles. The summed E-state index contributed by atoms with van der Waals surface area (Å²) in [5.74, 6) is -0.368. The van der Waals surface area contributed by atoms with E-state index in [0.717, 1.165) is 0 Å². The van der Waals surface area contributed by atoms with E-state index in [2.05, 4.69) is 23.8 Å². The third kappa shape index (κ3) is 10.4. The van der Waals surface area contributed by atoms with E-state index in [9.17, 15) is 14.4 Å². The molecule has 118 valence electrons. The zero-order chi connectivity index (χ0) is 16.8. The van der Waals surface area contributed by atoms with Crippen LogP contribution >= 0.6 is 0 Å². The summed E-state index contributed by atoms with van der Waals surface area (Å²) < 4.78 is 0. The van der Waals surface area contributed by atoms with Gasteiger partial charge in [0.15, 0.2) is 0 Å². The first kappa shape index (κ1) is 19.6. The predicted octanol–water partition coefficient (Wildman–Crippen LogP) is 0.865. The summed E-state index contributed by atoms with van der Waals surface area (Å²) in [7, 11) is 0.412. The Morgan fingerprint density at radius 3 is 2.36 bits per heavy atom. The highest BCUT2D eigenvalue weighted by Gasteiger charge is 2.06. The third-order valence-corrected chi connectivity index (χ3v) is 2.64. The van der Waals surface area contributed by atoms with Crippen LogP contribution in [-0.4, -0.2) is 37.9 Å². The first-order chi connectivity index (χ1) is 10.5. The maximum Gasteiger partial charge on any atom is 0.251 e. The van der Waals surface area contributed by atoms with Crippen molar-refractivity contribution >= 4 is 24.8 Å². The van der Waals surface area contributed by atoms with Crippen molar-refractivity contribution in [3.05, 3.63) is 49.1 Å². The van der Waals surface area contributed by atoms with Crippen LogP contribution in [0.25, 0.3) is 0 Å². The van der Waals surface area contributed by atoms with E-state index < -0.39 is 0 Å². The van der Waals surface area contributed by atoms with Crippen molar-refractivity contribution in [2.24, 2.45) is 0 Å². The Morgan fingerprint density at radius 2 is 1.77 bits per heavy atom. The van der Waals surface area contributed by atoms with E-state index in [1.807, 2.05) is 0 Å². The molecule has 0 spiro atoms. The van der Waals surface area contributed by atoms with Gasteiger partial charge in [0.2, 0.25) is 13.2 Å². The Labute approximate surface area is 132 Å². The average Bonchev–Trinajstić information content (AvgIpc) is 2.47. The van der Waals surface area contributed by atoms with E-state index >= 15 is 0 Å². The fourth-order valence-corrected chi connectivity index (χ4v) is 1.57. The minimum Gasteiger partial charge on any atom is -0.354 e. The molecule has 0 saturated heterocycles. The molecular weight excluding hydrogens is 279 g/mol. The number of rotatable bonds is 11. The van der Waals surface area contributed by atoms with Crippen LogP contribution < -0.4 is 10.6 Å². The molecule has 6 heteroatoms. The van der Waals surface area contributed by atoms with Gasteiger partial charge in [-0.3, -0.25) is 9.59 Å². The second kappa shape index (κ2) is 12.4. The molecule has 2 amide bonds. The van der Waals surface area contributed by atoms with E-state index in [1.165, 1.54) is 13.0 Å². The van der Waals surface area contributed by atoms with E-state index in [0.29, 0.717) is 38.7 Å².